The lowest BCUT2D eigenvalue weighted by Gasteiger charge is -2.06. The Hall–Kier alpha value is -2.14. The van der Waals surface area contributed by atoms with E-state index in [1.165, 1.54) is 12.1 Å². The van der Waals surface area contributed by atoms with Crippen LogP contribution in [-0.4, -0.2) is 20.9 Å². The summed E-state index contributed by atoms with van der Waals surface area (Å²) in [4.78, 5) is 10.5. The van der Waals surface area contributed by atoms with Gasteiger partial charge in [0.05, 0.1) is 23.5 Å². The van der Waals surface area contributed by atoms with Gasteiger partial charge >= 0.3 is 5.97 Å². The van der Waals surface area contributed by atoms with E-state index in [2.05, 4.69) is 5.10 Å². The number of aliphatic carboxylic acids is 1. The van der Waals surface area contributed by atoms with Crippen molar-refractivity contribution in [1.82, 2.24) is 9.78 Å². The highest BCUT2D eigenvalue weighted by atomic mass is 35.5. The Labute approximate surface area is 120 Å². The molecule has 1 aromatic heterocycles. The lowest BCUT2D eigenvalue weighted by Crippen LogP contribution is -2.04. The maximum Gasteiger partial charge on any atom is 0.328 e. The molecule has 1 N–H and O–H groups in total. The smallest absolute Gasteiger partial charge is 0.328 e. The van der Waals surface area contributed by atoms with Crippen molar-refractivity contribution in [2.45, 2.75) is 13.5 Å². The van der Waals surface area contributed by atoms with Crippen LogP contribution in [0.1, 0.15) is 16.8 Å². The number of aromatic nitrogens is 2. The van der Waals surface area contributed by atoms with Crippen molar-refractivity contribution in [2.75, 3.05) is 0 Å². The number of rotatable bonds is 4. The third-order valence-corrected chi connectivity index (χ3v) is 3.21. The maximum absolute atomic E-state index is 13.6. The normalized spacial score (nSPS) is 11.2. The number of nitrogens with zero attached hydrogens (tertiary/aromatic N) is 2. The molecule has 4 nitrogen and oxygen atoms in total. The van der Waals surface area contributed by atoms with Crippen LogP contribution in [0.3, 0.4) is 0 Å². The maximum atomic E-state index is 13.6. The number of halogens is 2. The van der Waals surface area contributed by atoms with E-state index >= 15 is 0 Å². The second-order valence-corrected chi connectivity index (χ2v) is 4.67. The minimum atomic E-state index is -1.12. The topological polar surface area (TPSA) is 55.1 Å². The monoisotopic (exact) mass is 294 g/mol. The highest BCUT2D eigenvalue weighted by molar-refractivity contribution is 6.31. The molecular formula is C14H12ClFN2O2. The van der Waals surface area contributed by atoms with Crippen LogP contribution in [-0.2, 0) is 11.3 Å². The Morgan fingerprint density at radius 2 is 2.30 bits per heavy atom. The molecule has 2 aromatic rings. The van der Waals surface area contributed by atoms with Gasteiger partial charge in [0.2, 0.25) is 0 Å². The van der Waals surface area contributed by atoms with Crippen LogP contribution in [0.5, 0.6) is 0 Å². The number of carboxylic acid groups (broad SMARTS) is 1. The van der Waals surface area contributed by atoms with E-state index in [1.54, 1.807) is 23.0 Å². The van der Waals surface area contributed by atoms with Crippen molar-refractivity contribution >= 4 is 23.6 Å². The van der Waals surface area contributed by atoms with Crippen molar-refractivity contribution in [3.8, 4) is 0 Å². The molecule has 6 heteroatoms. The molecule has 0 aliphatic rings. The summed E-state index contributed by atoms with van der Waals surface area (Å²) in [5.74, 6) is -1.59. The Morgan fingerprint density at radius 1 is 1.55 bits per heavy atom. The summed E-state index contributed by atoms with van der Waals surface area (Å²) in [6, 6.07) is 4.52. The summed E-state index contributed by atoms with van der Waals surface area (Å²) < 4.78 is 15.2. The first kappa shape index (κ1) is 14.3. The average Bonchev–Trinajstić information content (AvgIpc) is 2.71. The van der Waals surface area contributed by atoms with Gasteiger partial charge in [-0.05, 0) is 30.7 Å². The molecule has 0 saturated heterocycles. The van der Waals surface area contributed by atoms with Gasteiger partial charge in [-0.25, -0.2) is 9.18 Å². The van der Waals surface area contributed by atoms with Crippen molar-refractivity contribution in [1.29, 1.82) is 0 Å². The molecule has 0 unspecified atom stereocenters. The number of carboxylic acids is 1. The first-order valence-electron chi connectivity index (χ1n) is 5.84. The fraction of sp³-hybridized carbons (Fsp3) is 0.143. The number of benzene rings is 1. The van der Waals surface area contributed by atoms with Gasteiger partial charge < -0.3 is 5.11 Å². The van der Waals surface area contributed by atoms with Gasteiger partial charge in [0, 0.05) is 11.6 Å². The molecule has 1 heterocycles. The molecule has 0 aliphatic heterocycles. The van der Waals surface area contributed by atoms with Crippen LogP contribution in [0, 0.1) is 12.7 Å². The molecule has 0 fully saturated rings. The summed E-state index contributed by atoms with van der Waals surface area (Å²) in [6.45, 7) is 2.27. The highest BCUT2D eigenvalue weighted by Gasteiger charge is 2.06. The van der Waals surface area contributed by atoms with Gasteiger partial charge in [-0.2, -0.15) is 5.10 Å². The van der Waals surface area contributed by atoms with E-state index in [4.69, 9.17) is 16.7 Å². The third-order valence-electron chi connectivity index (χ3n) is 2.84. The molecule has 0 bridgehead atoms. The van der Waals surface area contributed by atoms with E-state index in [0.717, 1.165) is 17.3 Å². The fourth-order valence-corrected chi connectivity index (χ4v) is 1.88. The van der Waals surface area contributed by atoms with Gasteiger partial charge in [0.15, 0.2) is 0 Å². The average molecular weight is 295 g/mol. The molecule has 0 aliphatic carbocycles. The molecule has 0 atom stereocenters. The molecule has 0 radical (unpaired) electrons. The summed E-state index contributed by atoms with van der Waals surface area (Å²) in [5.41, 5.74) is 1.85. The molecule has 1 aromatic carbocycles. The Morgan fingerprint density at radius 3 is 2.90 bits per heavy atom. The Kier molecular flexibility index (Phi) is 4.20. The van der Waals surface area contributed by atoms with Gasteiger partial charge in [0.1, 0.15) is 5.82 Å². The Balaban J connectivity index is 2.27. The number of hydrogen-bond donors (Lipinski definition) is 1. The number of carbonyl (C=O) groups is 1. The molecule has 0 saturated carbocycles. The molecule has 104 valence electrons. The summed E-state index contributed by atoms with van der Waals surface area (Å²) >= 11 is 5.92. The lowest BCUT2D eigenvalue weighted by atomic mass is 10.1. The Bertz CT molecular complexity index is 680. The summed E-state index contributed by atoms with van der Waals surface area (Å²) in [5, 5.41) is 13.3. The van der Waals surface area contributed by atoms with Crippen molar-refractivity contribution < 1.29 is 14.3 Å². The lowest BCUT2D eigenvalue weighted by molar-refractivity contribution is -0.131. The van der Waals surface area contributed by atoms with Crippen LogP contribution in [0.4, 0.5) is 4.39 Å². The van der Waals surface area contributed by atoms with Crippen LogP contribution in [0.25, 0.3) is 6.08 Å². The van der Waals surface area contributed by atoms with Gasteiger partial charge in [0.25, 0.3) is 0 Å². The van der Waals surface area contributed by atoms with Crippen LogP contribution < -0.4 is 0 Å². The molecule has 0 amide bonds. The van der Waals surface area contributed by atoms with Crippen molar-refractivity contribution in [2.24, 2.45) is 0 Å². The summed E-state index contributed by atoms with van der Waals surface area (Å²) in [7, 11) is 0. The van der Waals surface area contributed by atoms with E-state index in [1.807, 2.05) is 6.92 Å². The van der Waals surface area contributed by atoms with E-state index in [0.29, 0.717) is 11.6 Å². The minimum absolute atomic E-state index is 0.223. The standard InChI is InChI=1S/C14H12ClFN2O2/c1-9-12(15)7-17-18(9)8-10-2-4-13(16)11(6-10)3-5-14(19)20/h2-7H,8H2,1H3,(H,19,20). The largest absolute Gasteiger partial charge is 0.478 e. The minimum Gasteiger partial charge on any atom is -0.478 e. The predicted octanol–water partition coefficient (Wildman–Crippen LogP) is 3.13. The second kappa shape index (κ2) is 5.88. The van der Waals surface area contributed by atoms with Crippen LogP contribution in [0.15, 0.2) is 30.5 Å². The molecule has 2 rings (SSSR count). The SMILES string of the molecule is Cc1c(Cl)cnn1Cc1ccc(F)c(C=CC(=O)O)c1. The van der Waals surface area contributed by atoms with Gasteiger partial charge in [-0.3, -0.25) is 4.68 Å². The number of hydrogen-bond acceptors (Lipinski definition) is 2. The molecule has 0 spiro atoms. The van der Waals surface area contributed by atoms with Crippen molar-refractivity contribution in [3.63, 3.8) is 0 Å². The molecule has 20 heavy (non-hydrogen) atoms. The van der Waals surface area contributed by atoms with E-state index in [-0.39, 0.29) is 5.56 Å². The quantitative estimate of drug-likeness (QED) is 0.882. The molecular weight excluding hydrogens is 283 g/mol. The van der Waals surface area contributed by atoms with Gasteiger partial charge in [-0.15, -0.1) is 0 Å². The van der Waals surface area contributed by atoms with Crippen molar-refractivity contribution in [3.05, 3.63) is 58.1 Å². The zero-order chi connectivity index (χ0) is 14.7. The van der Waals surface area contributed by atoms with Crippen LogP contribution in [0.2, 0.25) is 5.02 Å². The fourth-order valence-electron chi connectivity index (χ4n) is 1.74. The van der Waals surface area contributed by atoms with E-state index in [9.17, 15) is 9.18 Å². The zero-order valence-corrected chi connectivity index (χ0v) is 11.4. The predicted molar refractivity (Wildman–Crippen MR) is 74.1 cm³/mol. The highest BCUT2D eigenvalue weighted by Crippen LogP contribution is 2.17. The first-order valence-corrected chi connectivity index (χ1v) is 6.22. The second-order valence-electron chi connectivity index (χ2n) is 4.26. The van der Waals surface area contributed by atoms with Crippen LogP contribution >= 0.6 is 11.6 Å². The first-order chi connectivity index (χ1) is 9.47. The van der Waals surface area contributed by atoms with Gasteiger partial charge in [-0.1, -0.05) is 17.7 Å². The zero-order valence-electron chi connectivity index (χ0n) is 10.7. The summed E-state index contributed by atoms with van der Waals surface area (Å²) in [6.07, 6.45) is 3.67. The van der Waals surface area contributed by atoms with E-state index < -0.39 is 11.8 Å². The third kappa shape index (κ3) is 3.24.